The van der Waals surface area contributed by atoms with Crippen LogP contribution in [0.3, 0.4) is 0 Å². The highest BCUT2D eigenvalue weighted by Gasteiger charge is 2.34. The minimum atomic E-state index is -1.59. The second kappa shape index (κ2) is 12.3. The largest absolute Gasteiger partial charge is 0.480 e. The lowest BCUT2D eigenvalue weighted by atomic mass is 9.96. The number of aromatic amines is 1. The number of aliphatic hydroxyl groups excluding tert-OH is 1. The van der Waals surface area contributed by atoms with E-state index in [-0.39, 0.29) is 11.8 Å². The summed E-state index contributed by atoms with van der Waals surface area (Å²) < 4.78 is 0.839. The Morgan fingerprint density at radius 1 is 0.921 bits per heavy atom. The number of hydrogen-bond acceptors (Lipinski definition) is 6. The number of hydrogen-bond donors (Lipinski definition) is 5. The van der Waals surface area contributed by atoms with Gasteiger partial charge in [-0.2, -0.15) is 0 Å². The summed E-state index contributed by atoms with van der Waals surface area (Å²) in [5, 5.41) is 24.3. The summed E-state index contributed by atoms with van der Waals surface area (Å²) in [7, 11) is 0. The molecule has 11 heteroatoms. The smallest absolute Gasteiger partial charge is 0.329 e. The lowest BCUT2D eigenvalue weighted by Gasteiger charge is -2.28. The van der Waals surface area contributed by atoms with E-state index in [1.807, 2.05) is 0 Å². The molecule has 0 spiro atoms. The quantitative estimate of drug-likeness (QED) is 0.249. The highest BCUT2D eigenvalue weighted by molar-refractivity contribution is 5.92. The van der Waals surface area contributed by atoms with Crippen LogP contribution in [0.25, 0.3) is 10.9 Å². The van der Waals surface area contributed by atoms with Crippen LogP contribution in [-0.4, -0.2) is 55.7 Å². The minimum Gasteiger partial charge on any atom is -0.480 e. The third-order valence-electron chi connectivity index (χ3n) is 6.56. The molecule has 1 aromatic heterocycles. The van der Waals surface area contributed by atoms with E-state index in [1.54, 1.807) is 68.4 Å². The molecule has 0 radical (unpaired) electrons. The summed E-state index contributed by atoms with van der Waals surface area (Å²) in [5.41, 5.74) is -0.441. The van der Waals surface area contributed by atoms with Crippen LogP contribution in [0.5, 0.6) is 0 Å². The highest BCUT2D eigenvalue weighted by Crippen LogP contribution is 2.16. The van der Waals surface area contributed by atoms with Gasteiger partial charge in [0.05, 0.1) is 17.0 Å². The molecule has 0 saturated carbocycles. The zero-order valence-electron chi connectivity index (χ0n) is 21.4. The maximum Gasteiger partial charge on any atom is 0.329 e. The third kappa shape index (κ3) is 6.35. The van der Waals surface area contributed by atoms with E-state index in [9.17, 15) is 34.2 Å². The Morgan fingerprint density at radius 2 is 1.53 bits per heavy atom. The van der Waals surface area contributed by atoms with E-state index in [0.717, 1.165) is 4.57 Å². The summed E-state index contributed by atoms with van der Waals surface area (Å²) in [6.45, 7) is 4.72. The molecule has 0 fully saturated rings. The maximum atomic E-state index is 13.7. The Hall–Kier alpha value is -4.25. The Morgan fingerprint density at radius 3 is 2.13 bits per heavy atom. The van der Waals surface area contributed by atoms with Gasteiger partial charge in [0.25, 0.3) is 5.56 Å². The number of carboxylic acids is 1. The summed E-state index contributed by atoms with van der Waals surface area (Å²) in [4.78, 5) is 67.4. The molecule has 5 N–H and O–H groups in total. The molecule has 2 amide bonds. The first kappa shape index (κ1) is 28.3. The molecular weight excluding hydrogens is 492 g/mol. The molecule has 202 valence electrons. The van der Waals surface area contributed by atoms with E-state index < -0.39 is 59.2 Å². The van der Waals surface area contributed by atoms with Crippen LogP contribution >= 0.6 is 0 Å². The van der Waals surface area contributed by atoms with E-state index in [2.05, 4.69) is 15.6 Å². The molecule has 3 rings (SSSR count). The van der Waals surface area contributed by atoms with E-state index in [4.69, 9.17) is 0 Å². The molecule has 0 aliphatic rings. The van der Waals surface area contributed by atoms with Crippen LogP contribution in [0.2, 0.25) is 0 Å². The van der Waals surface area contributed by atoms with Crippen molar-refractivity contribution in [1.29, 1.82) is 0 Å². The first-order chi connectivity index (χ1) is 18.0. The number of aromatic nitrogens is 2. The molecule has 11 nitrogen and oxygen atoms in total. The van der Waals surface area contributed by atoms with Crippen LogP contribution in [-0.2, 0) is 20.8 Å². The van der Waals surface area contributed by atoms with Crippen molar-refractivity contribution in [3.63, 3.8) is 0 Å². The van der Waals surface area contributed by atoms with Gasteiger partial charge in [0, 0.05) is 6.42 Å². The summed E-state index contributed by atoms with van der Waals surface area (Å²) >= 11 is 0. The van der Waals surface area contributed by atoms with Crippen LogP contribution in [0, 0.1) is 5.92 Å². The number of rotatable bonds is 11. The van der Waals surface area contributed by atoms with Gasteiger partial charge in [0.2, 0.25) is 11.8 Å². The van der Waals surface area contributed by atoms with Gasteiger partial charge in [0.15, 0.2) is 6.04 Å². The van der Waals surface area contributed by atoms with E-state index in [1.165, 1.54) is 6.92 Å². The average Bonchev–Trinajstić information content (AvgIpc) is 2.89. The zero-order valence-corrected chi connectivity index (χ0v) is 21.4. The molecule has 0 saturated heterocycles. The van der Waals surface area contributed by atoms with Crippen molar-refractivity contribution in [3.8, 4) is 0 Å². The highest BCUT2D eigenvalue weighted by atomic mass is 16.4. The number of nitrogens with one attached hydrogen (secondary N) is 3. The van der Waals surface area contributed by atoms with Gasteiger partial charge in [-0.25, -0.2) is 14.2 Å². The third-order valence-corrected chi connectivity index (χ3v) is 6.56. The van der Waals surface area contributed by atoms with Gasteiger partial charge in [-0.15, -0.1) is 0 Å². The number of nitrogens with zero attached hydrogens (tertiary/aromatic N) is 1. The lowest BCUT2D eigenvalue weighted by Crippen LogP contribution is -2.58. The van der Waals surface area contributed by atoms with Crippen molar-refractivity contribution in [1.82, 2.24) is 20.2 Å². The monoisotopic (exact) mass is 524 g/mol. The number of amides is 2. The Labute approximate surface area is 218 Å². The number of aliphatic hydroxyl groups is 1. The van der Waals surface area contributed by atoms with E-state index >= 15 is 0 Å². The fourth-order valence-electron chi connectivity index (χ4n) is 4.18. The summed E-state index contributed by atoms with van der Waals surface area (Å²) in [6.07, 6.45) is -0.955. The van der Waals surface area contributed by atoms with Gasteiger partial charge < -0.3 is 25.8 Å². The number of carbonyl (C=O) groups is 3. The maximum absolute atomic E-state index is 13.7. The molecular formula is C27H32N4O7. The predicted octanol–water partition coefficient (Wildman–Crippen LogP) is 0.955. The van der Waals surface area contributed by atoms with Gasteiger partial charge in [-0.05, 0) is 30.5 Å². The number of carbonyl (C=O) groups excluding carboxylic acids is 2. The van der Waals surface area contributed by atoms with Crippen LogP contribution in [0.1, 0.15) is 38.8 Å². The number of fused-ring (bicyclic) bond motifs is 1. The van der Waals surface area contributed by atoms with Gasteiger partial charge in [-0.3, -0.25) is 14.4 Å². The molecule has 2 unspecified atom stereocenters. The normalized spacial score (nSPS) is 15.2. The summed E-state index contributed by atoms with van der Waals surface area (Å²) in [6, 6.07) is 11.1. The zero-order chi connectivity index (χ0) is 28.0. The number of H-pyrrole nitrogens is 1. The Bertz CT molecular complexity index is 1410. The number of benzene rings is 2. The second-order valence-electron chi connectivity index (χ2n) is 9.29. The van der Waals surface area contributed by atoms with Crippen LogP contribution < -0.4 is 21.9 Å². The number of carboxylic acid groups (broad SMARTS) is 1. The molecule has 5 atom stereocenters. The van der Waals surface area contributed by atoms with Crippen molar-refractivity contribution in [2.45, 2.75) is 57.8 Å². The molecule has 38 heavy (non-hydrogen) atoms. The van der Waals surface area contributed by atoms with Gasteiger partial charge >= 0.3 is 11.7 Å². The number of aliphatic carboxylic acids is 1. The predicted molar refractivity (Wildman–Crippen MR) is 141 cm³/mol. The number of para-hydroxylation sites is 1. The van der Waals surface area contributed by atoms with Crippen molar-refractivity contribution >= 4 is 28.7 Å². The fourth-order valence-corrected chi connectivity index (χ4v) is 4.18. The lowest BCUT2D eigenvalue weighted by molar-refractivity contribution is -0.145. The van der Waals surface area contributed by atoms with Crippen molar-refractivity contribution < 1.29 is 24.6 Å². The first-order valence-corrected chi connectivity index (χ1v) is 12.3. The van der Waals surface area contributed by atoms with Crippen LogP contribution in [0.15, 0.2) is 64.2 Å². The van der Waals surface area contributed by atoms with Gasteiger partial charge in [0.1, 0.15) is 12.1 Å². The van der Waals surface area contributed by atoms with Crippen LogP contribution in [0.4, 0.5) is 0 Å². The van der Waals surface area contributed by atoms with Crippen molar-refractivity contribution in [2.75, 3.05) is 0 Å². The summed E-state index contributed by atoms with van der Waals surface area (Å²) in [5.74, 6) is -3.44. The van der Waals surface area contributed by atoms with Crippen molar-refractivity contribution in [2.24, 2.45) is 5.92 Å². The Balaban J connectivity index is 2.04. The average molecular weight is 525 g/mol. The fraction of sp³-hybridized carbons (Fsp3) is 0.370. The molecule has 0 aliphatic carbocycles. The molecule has 0 bridgehead atoms. The topological polar surface area (TPSA) is 171 Å². The molecule has 1 heterocycles. The molecule has 3 aromatic rings. The van der Waals surface area contributed by atoms with Gasteiger partial charge in [-0.1, -0.05) is 62.7 Å². The molecule has 0 aliphatic heterocycles. The van der Waals surface area contributed by atoms with E-state index in [0.29, 0.717) is 17.5 Å². The standard InChI is InChI=1S/C27H32N4O7/c1-4-15(2)21(24(34)30-22(16(3)32)26(36)37)29-23(33)20(14-17-10-6-5-7-11-17)31-25(35)18-12-8-9-13-19(18)28-27(31)38/h5-13,15-16,20-22,32H,4,14H2,1-3H3,(H,28,38)(H,29,33)(H,30,34)(H,36,37)/t15?,16?,20-,21-,22-/m0/s1. The Kier molecular flexibility index (Phi) is 9.19. The molecule has 2 aromatic carbocycles. The van der Waals surface area contributed by atoms with Crippen molar-refractivity contribution in [3.05, 3.63) is 81.0 Å². The minimum absolute atomic E-state index is 0.0196. The first-order valence-electron chi connectivity index (χ1n) is 12.3. The SMILES string of the molecule is CCC(C)[C@H](NC(=O)[C@H](Cc1ccccc1)n1c(=O)[nH]c2ccccc2c1=O)C(=O)N[C@H](C(=O)O)C(C)O. The second-order valence-corrected chi connectivity index (χ2v) is 9.29.